The molecule has 96 valence electrons. The van der Waals surface area contributed by atoms with Crippen LogP contribution in [-0.4, -0.2) is 28.6 Å². The third-order valence-corrected chi connectivity index (χ3v) is 2.42. The summed E-state index contributed by atoms with van der Waals surface area (Å²) in [6.45, 7) is 5.36. The summed E-state index contributed by atoms with van der Waals surface area (Å²) in [7, 11) is 0. The standard InChI is InChI=1S/C12H19NO4/c1-12(2,3)17-11(16)13-9-4-5-10(15)8(6-9)7-14/h7,9,14H,4-6H2,1-3H3,(H,13,16)/b8-7+. The number of carbonyl (C=O) groups is 2. The zero-order valence-corrected chi connectivity index (χ0v) is 10.4. The summed E-state index contributed by atoms with van der Waals surface area (Å²) >= 11 is 0. The van der Waals surface area contributed by atoms with Crippen LogP contribution in [0.5, 0.6) is 0 Å². The lowest BCUT2D eigenvalue weighted by molar-refractivity contribution is -0.116. The SMILES string of the molecule is CC(C)(C)OC(=O)NC1CCC(=O)/C(=C/O)C1. The van der Waals surface area contributed by atoms with Crippen LogP contribution < -0.4 is 5.32 Å². The van der Waals surface area contributed by atoms with E-state index in [4.69, 9.17) is 9.84 Å². The van der Waals surface area contributed by atoms with E-state index in [0.717, 1.165) is 6.26 Å². The highest BCUT2D eigenvalue weighted by Crippen LogP contribution is 2.20. The first kappa shape index (κ1) is 13.5. The molecule has 1 amide bonds. The molecular formula is C12H19NO4. The van der Waals surface area contributed by atoms with Gasteiger partial charge in [0, 0.05) is 18.0 Å². The van der Waals surface area contributed by atoms with Crippen molar-refractivity contribution in [3.63, 3.8) is 0 Å². The molecule has 0 radical (unpaired) electrons. The third-order valence-electron chi connectivity index (χ3n) is 2.42. The van der Waals surface area contributed by atoms with Crippen LogP contribution >= 0.6 is 0 Å². The normalized spacial score (nSPS) is 23.6. The maximum absolute atomic E-state index is 11.5. The van der Waals surface area contributed by atoms with E-state index in [9.17, 15) is 9.59 Å². The molecule has 0 aromatic carbocycles. The van der Waals surface area contributed by atoms with Gasteiger partial charge in [0.25, 0.3) is 0 Å². The van der Waals surface area contributed by atoms with Gasteiger partial charge in [0.2, 0.25) is 0 Å². The number of aliphatic hydroxyl groups excluding tert-OH is 1. The second-order valence-corrected chi connectivity index (χ2v) is 5.16. The third kappa shape index (κ3) is 4.46. The molecule has 5 nitrogen and oxygen atoms in total. The van der Waals surface area contributed by atoms with Gasteiger partial charge in [0.05, 0.1) is 6.26 Å². The highest BCUT2D eigenvalue weighted by atomic mass is 16.6. The lowest BCUT2D eigenvalue weighted by Crippen LogP contribution is -2.41. The fraction of sp³-hybridized carbons (Fsp3) is 0.667. The zero-order valence-electron chi connectivity index (χ0n) is 10.4. The Hall–Kier alpha value is -1.52. The summed E-state index contributed by atoms with van der Waals surface area (Å²) in [4.78, 5) is 22.8. The van der Waals surface area contributed by atoms with Crippen LogP contribution in [0.1, 0.15) is 40.0 Å². The Morgan fingerprint density at radius 2 is 2.18 bits per heavy atom. The maximum atomic E-state index is 11.5. The van der Waals surface area contributed by atoms with E-state index >= 15 is 0 Å². The van der Waals surface area contributed by atoms with Crippen LogP contribution in [0.15, 0.2) is 11.8 Å². The number of carbonyl (C=O) groups excluding carboxylic acids is 2. The lowest BCUT2D eigenvalue weighted by Gasteiger charge is -2.26. The Bertz CT molecular complexity index is 341. The van der Waals surface area contributed by atoms with Crippen molar-refractivity contribution in [2.45, 2.75) is 51.7 Å². The summed E-state index contributed by atoms with van der Waals surface area (Å²) in [5.41, 5.74) is -0.179. The highest BCUT2D eigenvalue weighted by molar-refractivity contribution is 5.96. The molecule has 1 aliphatic carbocycles. The number of amides is 1. The molecule has 1 unspecified atom stereocenters. The van der Waals surface area contributed by atoms with E-state index in [1.165, 1.54) is 0 Å². The molecule has 5 heteroatoms. The predicted molar refractivity (Wildman–Crippen MR) is 62.7 cm³/mol. The van der Waals surface area contributed by atoms with Crippen LogP contribution in [0, 0.1) is 0 Å². The smallest absolute Gasteiger partial charge is 0.407 e. The predicted octanol–water partition coefficient (Wildman–Crippen LogP) is 2.07. The molecule has 1 rings (SSSR count). The van der Waals surface area contributed by atoms with Gasteiger partial charge in [0.15, 0.2) is 5.78 Å². The van der Waals surface area contributed by atoms with Crippen molar-refractivity contribution < 1.29 is 19.4 Å². The average molecular weight is 241 g/mol. The molecule has 1 saturated carbocycles. The van der Waals surface area contributed by atoms with Gasteiger partial charge in [-0.1, -0.05) is 0 Å². The molecule has 0 spiro atoms. The van der Waals surface area contributed by atoms with Crippen LogP contribution in [0.3, 0.4) is 0 Å². The largest absolute Gasteiger partial charge is 0.515 e. The summed E-state index contributed by atoms with van der Waals surface area (Å²) in [5, 5.41) is 11.6. The van der Waals surface area contributed by atoms with Crippen molar-refractivity contribution in [1.29, 1.82) is 0 Å². The fourth-order valence-corrected chi connectivity index (χ4v) is 1.67. The molecule has 1 fully saturated rings. The summed E-state index contributed by atoms with van der Waals surface area (Å²) < 4.78 is 5.12. The number of rotatable bonds is 1. The fourth-order valence-electron chi connectivity index (χ4n) is 1.67. The molecule has 0 heterocycles. The van der Waals surface area contributed by atoms with Crippen LogP contribution in [0.2, 0.25) is 0 Å². The average Bonchev–Trinajstić information content (AvgIpc) is 2.18. The van der Waals surface area contributed by atoms with Crippen molar-refractivity contribution in [1.82, 2.24) is 5.32 Å². The molecular weight excluding hydrogens is 222 g/mol. The molecule has 17 heavy (non-hydrogen) atoms. The first-order chi connectivity index (χ1) is 7.81. The molecule has 0 aliphatic heterocycles. The van der Waals surface area contributed by atoms with Gasteiger partial charge in [0.1, 0.15) is 5.60 Å². The van der Waals surface area contributed by atoms with Gasteiger partial charge in [-0.15, -0.1) is 0 Å². The van der Waals surface area contributed by atoms with Crippen molar-refractivity contribution >= 4 is 11.9 Å². The number of Topliss-reactive ketones (excluding diaryl/α,β-unsaturated/α-hetero) is 1. The van der Waals surface area contributed by atoms with Gasteiger partial charge in [-0.05, 0) is 33.6 Å². The van der Waals surface area contributed by atoms with Crippen molar-refractivity contribution in [3.05, 3.63) is 11.8 Å². The second kappa shape index (κ2) is 5.21. The van der Waals surface area contributed by atoms with Crippen LogP contribution in [0.4, 0.5) is 4.79 Å². The second-order valence-electron chi connectivity index (χ2n) is 5.16. The lowest BCUT2D eigenvalue weighted by atomic mass is 9.90. The Kier molecular flexibility index (Phi) is 4.15. The topological polar surface area (TPSA) is 75.6 Å². The quantitative estimate of drug-likeness (QED) is 0.544. The number of alkyl carbamates (subject to hydrolysis) is 1. The number of aliphatic hydroxyl groups is 1. The summed E-state index contributed by atoms with van der Waals surface area (Å²) in [6.07, 6.45) is 1.61. The zero-order chi connectivity index (χ0) is 13.1. The van der Waals surface area contributed by atoms with E-state index in [1.807, 2.05) is 0 Å². The number of ketones is 1. The van der Waals surface area contributed by atoms with Gasteiger partial charge in [-0.2, -0.15) is 0 Å². The molecule has 1 aliphatic rings. The number of ether oxygens (including phenoxy) is 1. The molecule has 0 aromatic heterocycles. The molecule has 0 saturated heterocycles. The Morgan fingerprint density at radius 1 is 1.53 bits per heavy atom. The Labute approximate surface area is 101 Å². The number of nitrogens with one attached hydrogen (secondary N) is 1. The number of hydrogen-bond donors (Lipinski definition) is 2. The molecule has 0 bridgehead atoms. The van der Waals surface area contributed by atoms with Crippen molar-refractivity contribution in [2.75, 3.05) is 0 Å². The Morgan fingerprint density at radius 3 is 2.71 bits per heavy atom. The van der Waals surface area contributed by atoms with Gasteiger partial charge < -0.3 is 15.2 Å². The first-order valence-electron chi connectivity index (χ1n) is 5.68. The monoisotopic (exact) mass is 241 g/mol. The van der Waals surface area contributed by atoms with Gasteiger partial charge >= 0.3 is 6.09 Å². The minimum absolute atomic E-state index is 0.0604. The van der Waals surface area contributed by atoms with Crippen LogP contribution in [-0.2, 0) is 9.53 Å². The number of hydrogen-bond acceptors (Lipinski definition) is 4. The Balaban J connectivity index is 2.48. The van der Waals surface area contributed by atoms with Gasteiger partial charge in [-0.25, -0.2) is 4.79 Å². The van der Waals surface area contributed by atoms with E-state index in [-0.39, 0.29) is 11.8 Å². The first-order valence-corrected chi connectivity index (χ1v) is 5.68. The van der Waals surface area contributed by atoms with Crippen LogP contribution in [0.25, 0.3) is 0 Å². The van der Waals surface area contributed by atoms with E-state index in [0.29, 0.717) is 24.8 Å². The van der Waals surface area contributed by atoms with E-state index in [1.54, 1.807) is 20.8 Å². The molecule has 2 N–H and O–H groups in total. The van der Waals surface area contributed by atoms with E-state index in [2.05, 4.69) is 5.32 Å². The van der Waals surface area contributed by atoms with Gasteiger partial charge in [-0.3, -0.25) is 4.79 Å². The molecule has 1 atom stereocenters. The summed E-state index contributed by atoms with van der Waals surface area (Å²) in [5.74, 6) is -0.0604. The minimum atomic E-state index is -0.537. The minimum Gasteiger partial charge on any atom is -0.515 e. The summed E-state index contributed by atoms with van der Waals surface area (Å²) in [6, 6.07) is -0.152. The highest BCUT2D eigenvalue weighted by Gasteiger charge is 2.26. The molecule has 0 aromatic rings. The van der Waals surface area contributed by atoms with E-state index < -0.39 is 11.7 Å². The van der Waals surface area contributed by atoms with Crippen molar-refractivity contribution in [2.24, 2.45) is 0 Å². The maximum Gasteiger partial charge on any atom is 0.407 e. The van der Waals surface area contributed by atoms with Crippen molar-refractivity contribution in [3.8, 4) is 0 Å².